The monoisotopic (exact) mass is 489 g/mol. The van der Waals surface area contributed by atoms with E-state index < -0.39 is 6.09 Å². The van der Waals surface area contributed by atoms with Crippen molar-refractivity contribution in [2.45, 2.75) is 64.5 Å². The van der Waals surface area contributed by atoms with Crippen molar-refractivity contribution in [3.8, 4) is 5.75 Å². The van der Waals surface area contributed by atoms with Crippen molar-refractivity contribution in [3.05, 3.63) is 29.7 Å². The average molecular weight is 490 g/mol. The molecule has 2 fully saturated rings. The van der Waals surface area contributed by atoms with E-state index in [1.54, 1.807) is 37.3 Å². The molecule has 2 aliphatic rings. The van der Waals surface area contributed by atoms with Crippen LogP contribution in [-0.2, 0) is 14.3 Å². The molecule has 3 unspecified atom stereocenters. The van der Waals surface area contributed by atoms with Crippen LogP contribution in [0.5, 0.6) is 5.75 Å². The zero-order valence-corrected chi connectivity index (χ0v) is 21.2. The fourth-order valence-corrected chi connectivity index (χ4v) is 4.86. The third kappa shape index (κ3) is 6.78. The molecule has 35 heavy (non-hydrogen) atoms. The van der Waals surface area contributed by atoms with Crippen LogP contribution in [0.4, 0.5) is 4.79 Å². The molecule has 1 amide bonds. The lowest BCUT2D eigenvalue weighted by molar-refractivity contribution is -0.149. The summed E-state index contributed by atoms with van der Waals surface area (Å²) in [4.78, 5) is 30.7. The van der Waals surface area contributed by atoms with Crippen molar-refractivity contribution in [1.29, 1.82) is 0 Å². The first-order valence-electron chi connectivity index (χ1n) is 12.4. The molecule has 10 nitrogen and oxygen atoms in total. The number of aromatic nitrogens is 1. The van der Waals surface area contributed by atoms with Gasteiger partial charge in [0.2, 0.25) is 0 Å². The van der Waals surface area contributed by atoms with Crippen LogP contribution < -0.4 is 16.3 Å². The first kappa shape index (κ1) is 26.6. The molecular formula is C25H39N5O5. The molecule has 3 rings (SSSR count). The molecule has 1 aromatic heterocycles. The second-order valence-electron chi connectivity index (χ2n) is 9.50. The number of pyridine rings is 1. The Morgan fingerprint density at radius 2 is 1.86 bits per heavy atom. The van der Waals surface area contributed by atoms with E-state index in [0.717, 1.165) is 32.1 Å². The Balaban J connectivity index is 1.61. The van der Waals surface area contributed by atoms with Crippen LogP contribution in [0.1, 0.15) is 58.1 Å². The SMILES string of the molecule is CCOC(=O)C1CC(Oc2ccc(/C(N)=C(\COC(=O)N(C)C3CCCC3)N(C)N)nc2)CC1C. The molecule has 10 heteroatoms. The van der Waals surface area contributed by atoms with Crippen molar-refractivity contribution >= 4 is 17.8 Å². The van der Waals surface area contributed by atoms with Gasteiger partial charge in [0.05, 0.1) is 41.9 Å². The Morgan fingerprint density at radius 1 is 1.14 bits per heavy atom. The molecule has 0 bridgehead atoms. The number of hydrogen-bond donors (Lipinski definition) is 2. The van der Waals surface area contributed by atoms with Crippen LogP contribution in [0, 0.1) is 11.8 Å². The largest absolute Gasteiger partial charge is 0.489 e. The molecule has 2 aliphatic carbocycles. The number of amides is 1. The van der Waals surface area contributed by atoms with Crippen LogP contribution in [-0.4, -0.2) is 66.4 Å². The van der Waals surface area contributed by atoms with E-state index >= 15 is 0 Å². The molecule has 4 N–H and O–H groups in total. The topological polar surface area (TPSA) is 133 Å². The van der Waals surface area contributed by atoms with Gasteiger partial charge in [-0.3, -0.25) is 9.78 Å². The smallest absolute Gasteiger partial charge is 0.410 e. The zero-order chi connectivity index (χ0) is 25.5. The number of rotatable bonds is 9. The van der Waals surface area contributed by atoms with E-state index in [1.165, 1.54) is 5.01 Å². The normalized spacial score (nSPS) is 22.9. The average Bonchev–Trinajstić information content (AvgIpc) is 3.49. The molecule has 0 saturated heterocycles. The Bertz CT molecular complexity index is 898. The van der Waals surface area contributed by atoms with Crippen LogP contribution in [0.2, 0.25) is 0 Å². The minimum Gasteiger partial charge on any atom is -0.489 e. The minimum absolute atomic E-state index is 0.0656. The van der Waals surface area contributed by atoms with E-state index in [0.29, 0.717) is 35.9 Å². The summed E-state index contributed by atoms with van der Waals surface area (Å²) in [5.74, 6) is 6.45. The Kier molecular flexibility index (Phi) is 9.20. The van der Waals surface area contributed by atoms with Gasteiger partial charge in [0.25, 0.3) is 0 Å². The lowest BCUT2D eigenvalue weighted by Gasteiger charge is -2.25. The molecule has 0 aromatic carbocycles. The molecule has 0 spiro atoms. The molecule has 0 radical (unpaired) electrons. The molecule has 194 valence electrons. The van der Waals surface area contributed by atoms with Gasteiger partial charge in [-0.25, -0.2) is 10.6 Å². The summed E-state index contributed by atoms with van der Waals surface area (Å²) in [6.45, 7) is 4.17. The summed E-state index contributed by atoms with van der Waals surface area (Å²) in [7, 11) is 3.40. The van der Waals surface area contributed by atoms with Gasteiger partial charge in [-0.1, -0.05) is 19.8 Å². The maximum Gasteiger partial charge on any atom is 0.410 e. The number of hydrazine groups is 1. The van der Waals surface area contributed by atoms with Gasteiger partial charge in [0.1, 0.15) is 12.4 Å². The first-order chi connectivity index (χ1) is 16.7. The first-order valence-corrected chi connectivity index (χ1v) is 12.4. The van der Waals surface area contributed by atoms with Gasteiger partial charge in [-0.2, -0.15) is 0 Å². The van der Waals surface area contributed by atoms with Gasteiger partial charge in [-0.05, 0) is 50.7 Å². The molecular weight excluding hydrogens is 450 g/mol. The lowest BCUT2D eigenvalue weighted by Crippen LogP contribution is -2.37. The predicted octanol–water partition coefficient (Wildman–Crippen LogP) is 2.88. The molecule has 2 saturated carbocycles. The highest BCUT2D eigenvalue weighted by Crippen LogP contribution is 2.35. The second kappa shape index (κ2) is 12.1. The fourth-order valence-electron chi connectivity index (χ4n) is 4.86. The van der Waals surface area contributed by atoms with Gasteiger partial charge >= 0.3 is 12.1 Å². The number of likely N-dealkylation sites (N-methyl/N-ethyl adjacent to an activating group) is 1. The van der Waals surface area contributed by atoms with E-state index in [4.69, 9.17) is 25.8 Å². The Morgan fingerprint density at radius 3 is 2.46 bits per heavy atom. The maximum atomic E-state index is 12.5. The van der Waals surface area contributed by atoms with Gasteiger partial charge < -0.3 is 29.9 Å². The van der Waals surface area contributed by atoms with Crippen LogP contribution >= 0.6 is 0 Å². The van der Waals surface area contributed by atoms with E-state index in [9.17, 15) is 9.59 Å². The summed E-state index contributed by atoms with van der Waals surface area (Å²) in [5.41, 5.74) is 7.59. The number of nitrogens with two attached hydrogens (primary N) is 2. The Hall–Kier alpha value is -3.01. The lowest BCUT2D eigenvalue weighted by atomic mass is 9.99. The summed E-state index contributed by atoms with van der Waals surface area (Å²) in [6.07, 6.45) is 6.76. The number of carbonyl (C=O) groups excluding carboxylic acids is 2. The van der Waals surface area contributed by atoms with Crippen LogP contribution in [0.15, 0.2) is 24.0 Å². The number of esters is 1. The summed E-state index contributed by atoms with van der Waals surface area (Å²) in [6, 6.07) is 3.74. The van der Waals surface area contributed by atoms with Crippen molar-refractivity contribution < 1.29 is 23.8 Å². The molecule has 1 heterocycles. The van der Waals surface area contributed by atoms with Gasteiger partial charge in [0, 0.05) is 20.1 Å². The highest BCUT2D eigenvalue weighted by Gasteiger charge is 2.38. The molecule has 1 aromatic rings. The van der Waals surface area contributed by atoms with Crippen molar-refractivity contribution in [1.82, 2.24) is 14.9 Å². The summed E-state index contributed by atoms with van der Waals surface area (Å²) < 4.78 is 16.7. The van der Waals surface area contributed by atoms with Crippen molar-refractivity contribution in [2.75, 3.05) is 27.3 Å². The maximum absolute atomic E-state index is 12.5. The quantitative estimate of drug-likeness (QED) is 0.305. The third-order valence-corrected chi connectivity index (χ3v) is 6.97. The second-order valence-corrected chi connectivity index (χ2v) is 9.50. The van der Waals surface area contributed by atoms with Crippen molar-refractivity contribution in [3.63, 3.8) is 0 Å². The van der Waals surface area contributed by atoms with Crippen LogP contribution in [0.3, 0.4) is 0 Å². The fraction of sp³-hybridized carbons (Fsp3) is 0.640. The minimum atomic E-state index is -0.396. The van der Waals surface area contributed by atoms with E-state index in [1.807, 2.05) is 13.8 Å². The summed E-state index contributed by atoms with van der Waals surface area (Å²) >= 11 is 0. The van der Waals surface area contributed by atoms with Gasteiger partial charge in [0.15, 0.2) is 0 Å². The zero-order valence-electron chi connectivity index (χ0n) is 21.2. The highest BCUT2D eigenvalue weighted by atomic mass is 16.6. The Labute approximate surface area is 207 Å². The number of hydrogen-bond acceptors (Lipinski definition) is 9. The standard InChI is InChI=1S/C25H39N5O5/c1-5-33-24(31)20-13-19(12-16(20)2)35-18-10-11-21(28-14-18)23(26)22(30(4)27)15-34-25(32)29(3)17-8-6-7-9-17/h10-11,14,16-17,19-20H,5-9,12-13,15,26-27H2,1-4H3/b23-22-. The molecule has 3 atom stereocenters. The number of nitrogens with zero attached hydrogens (tertiary/aromatic N) is 3. The highest BCUT2D eigenvalue weighted by molar-refractivity contribution is 5.73. The number of ether oxygens (including phenoxy) is 3. The predicted molar refractivity (Wildman–Crippen MR) is 132 cm³/mol. The summed E-state index contributed by atoms with van der Waals surface area (Å²) in [5, 5.41) is 1.33. The van der Waals surface area contributed by atoms with Crippen LogP contribution in [0.25, 0.3) is 5.70 Å². The number of carbonyl (C=O) groups is 2. The molecule has 0 aliphatic heterocycles. The van der Waals surface area contributed by atoms with E-state index in [2.05, 4.69) is 4.98 Å². The third-order valence-electron chi connectivity index (χ3n) is 6.97. The van der Waals surface area contributed by atoms with Gasteiger partial charge in [-0.15, -0.1) is 0 Å². The van der Waals surface area contributed by atoms with Crippen molar-refractivity contribution in [2.24, 2.45) is 23.4 Å². The van der Waals surface area contributed by atoms with E-state index in [-0.39, 0.29) is 36.6 Å².